The maximum Gasteiger partial charge on any atom is 0.376 e. The lowest BCUT2D eigenvalue weighted by molar-refractivity contribution is -0.910. The van der Waals surface area contributed by atoms with Crippen LogP contribution < -0.4 is 4.89 Å². The molecule has 0 aromatic heterocycles. The fraction of sp³-hybridized carbons (Fsp3) is 0.933. The van der Waals surface area contributed by atoms with Crippen molar-refractivity contribution >= 4 is 8.03 Å². The highest BCUT2D eigenvalue weighted by molar-refractivity contribution is 7.38. The van der Waals surface area contributed by atoms with E-state index in [9.17, 15) is 9.46 Å². The van der Waals surface area contributed by atoms with Crippen LogP contribution in [0, 0.1) is 0 Å². The van der Waals surface area contributed by atoms with Gasteiger partial charge in [-0.1, -0.05) is 120 Å². The van der Waals surface area contributed by atoms with Crippen molar-refractivity contribution in [3.63, 3.8) is 0 Å². The van der Waals surface area contributed by atoms with Crippen molar-refractivity contribution in [1.82, 2.24) is 0 Å². The normalized spacial score (nSPS) is 14.6. The fourth-order valence-electron chi connectivity index (χ4n) is 5.16. The van der Waals surface area contributed by atoms with E-state index in [4.69, 9.17) is 0 Å². The first-order valence-electron chi connectivity index (χ1n) is 14.9. The fourth-order valence-corrected chi connectivity index (χ4v) is 6.40. The molecule has 2 unspecified atom stereocenters. The zero-order valence-corrected chi connectivity index (χ0v) is 24.8. The van der Waals surface area contributed by atoms with E-state index in [-0.39, 0.29) is 0 Å². The van der Waals surface area contributed by atoms with Gasteiger partial charge in [-0.3, -0.25) is 4.48 Å². The maximum atomic E-state index is 12.1. The Morgan fingerprint density at radius 1 is 0.588 bits per heavy atom. The first-order valence-corrected chi connectivity index (χ1v) is 16.1. The van der Waals surface area contributed by atoms with Gasteiger partial charge in [0.1, 0.15) is 0 Å². The molecule has 0 rings (SSSR count). The SMILES string of the molecule is CCCCCCC/C=C\CCCCCCCCCCCCCCC(CCC)([P+](=O)[O-])[N+](C)(C)C. The molecule has 0 radical (unpaired) electrons. The van der Waals surface area contributed by atoms with E-state index in [0.717, 1.165) is 25.7 Å². The Kier molecular flexibility index (Phi) is 21.8. The molecule has 3 nitrogen and oxygen atoms in total. The van der Waals surface area contributed by atoms with Gasteiger partial charge in [0.2, 0.25) is 0 Å². The van der Waals surface area contributed by atoms with E-state index in [1.165, 1.54) is 116 Å². The van der Waals surface area contributed by atoms with Crippen LogP contribution in [0.5, 0.6) is 0 Å². The summed E-state index contributed by atoms with van der Waals surface area (Å²) < 4.78 is 12.6. The van der Waals surface area contributed by atoms with Crippen LogP contribution in [0.15, 0.2) is 12.2 Å². The van der Waals surface area contributed by atoms with Crippen molar-refractivity contribution in [2.75, 3.05) is 21.1 Å². The minimum Gasteiger partial charge on any atom is -0.590 e. The minimum absolute atomic E-state index is 0.523. The molecule has 0 amide bonds. The van der Waals surface area contributed by atoms with Crippen LogP contribution in [0.3, 0.4) is 0 Å². The molecule has 0 saturated heterocycles. The van der Waals surface area contributed by atoms with Crippen molar-refractivity contribution < 1.29 is 13.9 Å². The number of hydrogen-bond acceptors (Lipinski definition) is 2. The molecule has 0 aromatic rings. The van der Waals surface area contributed by atoms with Gasteiger partial charge >= 0.3 is 8.03 Å². The van der Waals surface area contributed by atoms with E-state index in [2.05, 4.69) is 26.0 Å². The molecule has 0 aliphatic carbocycles. The van der Waals surface area contributed by atoms with Crippen molar-refractivity contribution in [1.29, 1.82) is 0 Å². The van der Waals surface area contributed by atoms with E-state index in [1.54, 1.807) is 0 Å². The summed E-state index contributed by atoms with van der Waals surface area (Å²) >= 11 is 0. The van der Waals surface area contributed by atoms with Crippen molar-refractivity contribution in [3.05, 3.63) is 12.2 Å². The van der Waals surface area contributed by atoms with Gasteiger partial charge in [-0.25, -0.2) is 0 Å². The lowest BCUT2D eigenvalue weighted by atomic mass is 9.99. The van der Waals surface area contributed by atoms with Crippen molar-refractivity contribution in [3.8, 4) is 0 Å². The van der Waals surface area contributed by atoms with Crippen LogP contribution in [0.1, 0.15) is 155 Å². The van der Waals surface area contributed by atoms with Crippen LogP contribution in [-0.4, -0.2) is 30.9 Å². The zero-order valence-electron chi connectivity index (χ0n) is 23.9. The van der Waals surface area contributed by atoms with Crippen LogP contribution in [-0.2, 0) is 4.57 Å². The molecule has 202 valence electrons. The molecule has 0 aliphatic heterocycles. The van der Waals surface area contributed by atoms with Crippen molar-refractivity contribution in [2.45, 2.75) is 160 Å². The smallest absolute Gasteiger partial charge is 0.376 e. The van der Waals surface area contributed by atoms with E-state index in [1.807, 2.05) is 21.1 Å². The summed E-state index contributed by atoms with van der Waals surface area (Å²) in [6.07, 6.45) is 32.6. The zero-order chi connectivity index (χ0) is 25.5. The van der Waals surface area contributed by atoms with Crippen LogP contribution in [0.4, 0.5) is 0 Å². The van der Waals surface area contributed by atoms with Gasteiger partial charge in [-0.15, -0.1) is 0 Å². The average molecular weight is 499 g/mol. The summed E-state index contributed by atoms with van der Waals surface area (Å²) in [5.41, 5.74) is 0. The highest BCUT2D eigenvalue weighted by Crippen LogP contribution is 2.45. The summed E-state index contributed by atoms with van der Waals surface area (Å²) in [6.45, 7) is 4.37. The molecule has 4 heteroatoms. The second-order valence-corrected chi connectivity index (χ2v) is 12.8. The monoisotopic (exact) mass is 498 g/mol. The molecule has 0 saturated carbocycles. The topological polar surface area (TPSA) is 40.1 Å². The predicted molar refractivity (Wildman–Crippen MR) is 150 cm³/mol. The van der Waals surface area contributed by atoms with Gasteiger partial charge < -0.3 is 4.89 Å². The standard InChI is InChI=1S/C30H61NO2P/c1-6-8-9-10-11-12-13-14-15-16-17-18-19-20-21-22-23-24-25-26-27-29-30(28-7-2,34(32)33)31(3,4)5/h13-14H,6-12,15-29H2,1-5H3/q+1/b14-13-. The maximum absolute atomic E-state index is 12.1. The third-order valence-electron chi connectivity index (χ3n) is 7.58. The highest BCUT2D eigenvalue weighted by atomic mass is 31.1. The minimum atomic E-state index is -2.42. The molecule has 0 spiro atoms. The predicted octanol–water partition coefficient (Wildman–Crippen LogP) is 9.67. The Balaban J connectivity index is 3.55. The first kappa shape index (κ1) is 33.8. The largest absolute Gasteiger partial charge is 0.590 e. The molecule has 0 aromatic carbocycles. The first-order chi connectivity index (χ1) is 16.3. The molecule has 0 bridgehead atoms. The van der Waals surface area contributed by atoms with Gasteiger partial charge in [0.15, 0.2) is 0 Å². The average Bonchev–Trinajstić information content (AvgIpc) is 2.78. The molecule has 34 heavy (non-hydrogen) atoms. The quantitative estimate of drug-likeness (QED) is 0.0544. The summed E-state index contributed by atoms with van der Waals surface area (Å²) in [6, 6.07) is 0. The van der Waals surface area contributed by atoms with E-state index in [0.29, 0.717) is 4.48 Å². The molecule has 0 aliphatic rings. The Morgan fingerprint density at radius 3 is 1.32 bits per heavy atom. The number of quaternary nitrogens is 1. The second kappa shape index (κ2) is 22.0. The number of hydrogen-bond donors (Lipinski definition) is 0. The summed E-state index contributed by atoms with van der Waals surface area (Å²) in [4.78, 5) is 12.1. The Morgan fingerprint density at radius 2 is 0.971 bits per heavy atom. The Hall–Kier alpha value is -0.240. The molecule has 0 heterocycles. The second-order valence-electron chi connectivity index (χ2n) is 11.5. The molecular formula is C30H61NO2P+. The number of allylic oxidation sites excluding steroid dienone is 2. The summed E-state index contributed by atoms with van der Waals surface area (Å²) in [5, 5.41) is -0.589. The Bertz CT molecular complexity index is 501. The number of unbranched alkanes of at least 4 members (excludes halogenated alkanes) is 17. The van der Waals surface area contributed by atoms with Crippen LogP contribution in [0.25, 0.3) is 0 Å². The lowest BCUT2D eigenvalue weighted by Gasteiger charge is -2.39. The number of rotatable bonds is 25. The third-order valence-corrected chi connectivity index (χ3v) is 9.30. The molecule has 2 atom stereocenters. The van der Waals surface area contributed by atoms with Gasteiger partial charge in [-0.05, 0) is 38.5 Å². The summed E-state index contributed by atoms with van der Waals surface area (Å²) in [7, 11) is 3.69. The third kappa shape index (κ3) is 16.4. The van der Waals surface area contributed by atoms with E-state index >= 15 is 0 Å². The highest BCUT2D eigenvalue weighted by Gasteiger charge is 2.53. The van der Waals surface area contributed by atoms with E-state index < -0.39 is 13.3 Å². The Labute approximate surface area is 215 Å². The lowest BCUT2D eigenvalue weighted by Crippen LogP contribution is -2.55. The summed E-state index contributed by atoms with van der Waals surface area (Å²) in [5.74, 6) is 0. The van der Waals surface area contributed by atoms with Gasteiger partial charge in [-0.2, -0.15) is 0 Å². The van der Waals surface area contributed by atoms with Crippen molar-refractivity contribution in [2.24, 2.45) is 0 Å². The van der Waals surface area contributed by atoms with Crippen LogP contribution in [0.2, 0.25) is 0 Å². The van der Waals surface area contributed by atoms with Crippen LogP contribution >= 0.6 is 8.03 Å². The molecule has 0 fully saturated rings. The van der Waals surface area contributed by atoms with Gasteiger partial charge in [0.05, 0.1) is 21.1 Å². The van der Waals surface area contributed by atoms with Gasteiger partial charge in [0.25, 0.3) is 5.28 Å². The number of nitrogens with zero attached hydrogens (tertiary/aromatic N) is 1. The van der Waals surface area contributed by atoms with Gasteiger partial charge in [0, 0.05) is 12.8 Å². The molecule has 0 N–H and O–H groups in total. The molecular weight excluding hydrogens is 437 g/mol.